The largest absolute Gasteiger partial charge is 0.486 e. The molecule has 31 heavy (non-hydrogen) atoms. The van der Waals surface area contributed by atoms with Crippen LogP contribution in [-0.4, -0.2) is 48.6 Å². The average Bonchev–Trinajstić information content (AvgIpc) is 3.44. The van der Waals surface area contributed by atoms with Crippen molar-refractivity contribution >= 4 is 28.6 Å². The van der Waals surface area contributed by atoms with Gasteiger partial charge >= 0.3 is 0 Å². The van der Waals surface area contributed by atoms with Crippen LogP contribution >= 0.6 is 22.7 Å². The predicted molar refractivity (Wildman–Crippen MR) is 124 cm³/mol. The van der Waals surface area contributed by atoms with Gasteiger partial charge in [0.05, 0.1) is 24.9 Å². The summed E-state index contributed by atoms with van der Waals surface area (Å²) in [4.78, 5) is 21.8. The molecule has 6 nitrogen and oxygen atoms in total. The highest BCUT2D eigenvalue weighted by molar-refractivity contribution is 7.13. The van der Waals surface area contributed by atoms with Crippen LogP contribution in [0.15, 0.2) is 41.8 Å². The van der Waals surface area contributed by atoms with E-state index < -0.39 is 0 Å². The monoisotopic (exact) mass is 457 g/mol. The molecule has 3 aromatic rings. The number of morpholine rings is 1. The third kappa shape index (κ3) is 5.71. The van der Waals surface area contributed by atoms with Gasteiger partial charge in [0, 0.05) is 24.5 Å². The summed E-state index contributed by atoms with van der Waals surface area (Å²) in [5, 5.41) is 6.01. The van der Waals surface area contributed by atoms with Gasteiger partial charge in [0.1, 0.15) is 22.2 Å². The Morgan fingerprint density at radius 3 is 2.71 bits per heavy atom. The van der Waals surface area contributed by atoms with Crippen LogP contribution in [0.25, 0.3) is 0 Å². The molecule has 1 atom stereocenters. The number of thiazole rings is 1. The normalized spacial score (nSPS) is 15.5. The maximum atomic E-state index is 12.9. The van der Waals surface area contributed by atoms with E-state index in [4.69, 9.17) is 9.47 Å². The quantitative estimate of drug-likeness (QED) is 0.549. The molecule has 1 N–H and O–H groups in total. The molecule has 1 amide bonds. The zero-order chi connectivity index (χ0) is 21.6. The van der Waals surface area contributed by atoms with Crippen LogP contribution < -0.4 is 10.1 Å². The van der Waals surface area contributed by atoms with Crippen molar-refractivity contribution in [3.8, 4) is 5.75 Å². The van der Waals surface area contributed by atoms with Crippen LogP contribution in [0, 0.1) is 13.8 Å². The molecule has 1 unspecified atom stereocenters. The van der Waals surface area contributed by atoms with Gasteiger partial charge in [-0.2, -0.15) is 0 Å². The Kier molecular flexibility index (Phi) is 7.34. The van der Waals surface area contributed by atoms with Gasteiger partial charge in [-0.15, -0.1) is 22.7 Å². The van der Waals surface area contributed by atoms with E-state index in [1.807, 2.05) is 38.1 Å². The molecule has 1 fully saturated rings. The number of carbonyl (C=O) groups is 1. The van der Waals surface area contributed by atoms with E-state index in [0.717, 1.165) is 42.8 Å². The lowest BCUT2D eigenvalue weighted by Gasteiger charge is -2.34. The zero-order valence-electron chi connectivity index (χ0n) is 17.8. The molecule has 1 aliphatic heterocycles. The van der Waals surface area contributed by atoms with Gasteiger partial charge in [-0.1, -0.05) is 23.8 Å². The lowest BCUT2D eigenvalue weighted by Crippen LogP contribution is -2.43. The maximum Gasteiger partial charge on any atom is 0.263 e. The van der Waals surface area contributed by atoms with Crippen LogP contribution in [0.4, 0.5) is 0 Å². The number of thiophene rings is 1. The van der Waals surface area contributed by atoms with Gasteiger partial charge in [0.15, 0.2) is 0 Å². The molecule has 8 heteroatoms. The number of amides is 1. The van der Waals surface area contributed by atoms with Gasteiger partial charge in [-0.3, -0.25) is 9.69 Å². The molecule has 0 aliphatic carbocycles. The van der Waals surface area contributed by atoms with E-state index in [9.17, 15) is 4.79 Å². The minimum absolute atomic E-state index is 0.0774. The number of nitrogens with zero attached hydrogens (tertiary/aromatic N) is 2. The lowest BCUT2D eigenvalue weighted by atomic mass is 10.2. The number of benzene rings is 1. The summed E-state index contributed by atoms with van der Waals surface area (Å²) in [5.41, 5.74) is 1.93. The van der Waals surface area contributed by atoms with Crippen molar-refractivity contribution < 1.29 is 14.3 Å². The molecule has 0 radical (unpaired) electrons. The van der Waals surface area contributed by atoms with Crippen LogP contribution in [-0.2, 0) is 11.3 Å². The first-order valence-electron chi connectivity index (χ1n) is 10.4. The standard InChI is InChI=1S/C23H27N3O3S2/c1-16-5-7-18(8-6-16)29-15-21-25-17(2)22(31-21)23(27)24-14-19(20-4-3-13-30-20)26-9-11-28-12-10-26/h3-8,13,19H,9-12,14-15H2,1-2H3,(H,24,27). The Hall–Kier alpha value is -2.26. The third-order valence-electron chi connectivity index (χ3n) is 5.24. The lowest BCUT2D eigenvalue weighted by molar-refractivity contribution is 0.0169. The number of aromatic nitrogens is 1. The molecule has 2 aromatic heterocycles. The minimum Gasteiger partial charge on any atom is -0.486 e. The molecule has 3 heterocycles. The van der Waals surface area contributed by atoms with Crippen molar-refractivity contribution in [1.29, 1.82) is 0 Å². The molecule has 4 rings (SSSR count). The highest BCUT2D eigenvalue weighted by atomic mass is 32.1. The second kappa shape index (κ2) is 10.4. The molecule has 0 saturated carbocycles. The number of hydrogen-bond donors (Lipinski definition) is 1. The van der Waals surface area contributed by atoms with E-state index in [1.54, 1.807) is 11.3 Å². The van der Waals surface area contributed by atoms with Gasteiger partial charge in [-0.25, -0.2) is 4.98 Å². The molecule has 1 aliphatic rings. The Morgan fingerprint density at radius 1 is 1.23 bits per heavy atom. The van der Waals surface area contributed by atoms with Crippen molar-refractivity contribution in [3.05, 3.63) is 67.8 Å². The number of carbonyl (C=O) groups excluding carboxylic acids is 1. The summed E-state index contributed by atoms with van der Waals surface area (Å²) in [6.07, 6.45) is 0. The fourth-order valence-electron chi connectivity index (χ4n) is 3.55. The highest BCUT2D eigenvalue weighted by Crippen LogP contribution is 2.26. The fourth-order valence-corrected chi connectivity index (χ4v) is 5.31. The number of ether oxygens (including phenoxy) is 2. The summed E-state index contributed by atoms with van der Waals surface area (Å²) in [5.74, 6) is 0.722. The van der Waals surface area contributed by atoms with Crippen LogP contribution in [0.3, 0.4) is 0 Å². The second-order valence-electron chi connectivity index (χ2n) is 7.51. The van der Waals surface area contributed by atoms with Crippen molar-refractivity contribution in [2.45, 2.75) is 26.5 Å². The smallest absolute Gasteiger partial charge is 0.263 e. The zero-order valence-corrected chi connectivity index (χ0v) is 19.4. The number of rotatable bonds is 8. The van der Waals surface area contributed by atoms with Crippen molar-refractivity contribution in [2.75, 3.05) is 32.8 Å². The van der Waals surface area contributed by atoms with E-state index in [-0.39, 0.29) is 11.9 Å². The summed E-state index contributed by atoms with van der Waals surface area (Å²) in [6.45, 7) is 8.04. The Balaban J connectivity index is 1.37. The summed E-state index contributed by atoms with van der Waals surface area (Å²) in [7, 11) is 0. The first-order chi connectivity index (χ1) is 15.1. The fraction of sp³-hybridized carbons (Fsp3) is 0.391. The maximum absolute atomic E-state index is 12.9. The first kappa shape index (κ1) is 22.0. The molecule has 1 saturated heterocycles. The Labute approximate surface area is 190 Å². The summed E-state index contributed by atoms with van der Waals surface area (Å²) < 4.78 is 11.3. The first-order valence-corrected chi connectivity index (χ1v) is 12.1. The topological polar surface area (TPSA) is 63.7 Å². The van der Waals surface area contributed by atoms with Crippen LogP contribution in [0.5, 0.6) is 5.75 Å². The van der Waals surface area contributed by atoms with Gasteiger partial charge in [-0.05, 0) is 37.4 Å². The molecular weight excluding hydrogens is 430 g/mol. The van der Waals surface area contributed by atoms with Crippen molar-refractivity contribution in [2.24, 2.45) is 0 Å². The SMILES string of the molecule is Cc1ccc(OCc2nc(C)c(C(=O)NCC(c3cccs3)N3CCOCC3)s2)cc1. The number of aryl methyl sites for hydroxylation is 2. The molecular formula is C23H27N3O3S2. The molecule has 0 spiro atoms. The molecule has 1 aromatic carbocycles. The predicted octanol–water partition coefficient (Wildman–Crippen LogP) is 4.20. The average molecular weight is 458 g/mol. The summed E-state index contributed by atoms with van der Waals surface area (Å²) in [6, 6.07) is 12.3. The van der Waals surface area contributed by atoms with Crippen LogP contribution in [0.1, 0.15) is 36.9 Å². The molecule has 164 valence electrons. The van der Waals surface area contributed by atoms with Crippen molar-refractivity contribution in [3.63, 3.8) is 0 Å². The number of hydrogen-bond acceptors (Lipinski definition) is 7. The van der Waals surface area contributed by atoms with Crippen molar-refractivity contribution in [1.82, 2.24) is 15.2 Å². The van der Waals surface area contributed by atoms with E-state index >= 15 is 0 Å². The van der Waals surface area contributed by atoms with E-state index in [2.05, 4.69) is 32.7 Å². The number of nitrogens with one attached hydrogen (secondary N) is 1. The van der Waals surface area contributed by atoms with E-state index in [1.165, 1.54) is 21.8 Å². The van der Waals surface area contributed by atoms with Gasteiger partial charge < -0.3 is 14.8 Å². The highest BCUT2D eigenvalue weighted by Gasteiger charge is 2.25. The van der Waals surface area contributed by atoms with Gasteiger partial charge in [0.25, 0.3) is 5.91 Å². The minimum atomic E-state index is -0.0774. The summed E-state index contributed by atoms with van der Waals surface area (Å²) >= 11 is 3.12. The van der Waals surface area contributed by atoms with Gasteiger partial charge in [0.2, 0.25) is 0 Å². The Bertz CT molecular complexity index is 980. The third-order valence-corrected chi connectivity index (χ3v) is 7.35. The van der Waals surface area contributed by atoms with E-state index in [0.29, 0.717) is 18.0 Å². The molecule has 0 bridgehead atoms. The van der Waals surface area contributed by atoms with Crippen LogP contribution in [0.2, 0.25) is 0 Å². The Morgan fingerprint density at radius 2 is 2.00 bits per heavy atom. The second-order valence-corrected chi connectivity index (χ2v) is 9.58.